The predicted octanol–water partition coefficient (Wildman–Crippen LogP) is 4.71. The number of hydrogen-bond donors (Lipinski definition) is 2. The van der Waals surface area contributed by atoms with Gasteiger partial charge in [-0.1, -0.05) is 30.3 Å². The van der Waals surface area contributed by atoms with Gasteiger partial charge in [0.05, 0.1) is 12.1 Å². The third-order valence-corrected chi connectivity index (χ3v) is 6.02. The first-order valence-electron chi connectivity index (χ1n) is 11.9. The van der Waals surface area contributed by atoms with Crippen LogP contribution in [0.5, 0.6) is 11.5 Å². The zero-order valence-corrected chi connectivity index (χ0v) is 19.7. The van der Waals surface area contributed by atoms with E-state index in [9.17, 15) is 9.59 Å². The van der Waals surface area contributed by atoms with Crippen LogP contribution in [0, 0.1) is 0 Å². The highest BCUT2D eigenvalue weighted by Gasteiger charge is 2.16. The van der Waals surface area contributed by atoms with Gasteiger partial charge in [0, 0.05) is 25.3 Å². The number of amides is 1. The second-order valence-corrected chi connectivity index (χ2v) is 8.75. The topological polar surface area (TPSA) is 82.1 Å². The minimum absolute atomic E-state index is 0.0923. The van der Waals surface area contributed by atoms with Crippen molar-refractivity contribution >= 4 is 17.6 Å². The highest BCUT2D eigenvalue weighted by Crippen LogP contribution is 2.22. The average molecular weight is 474 g/mol. The van der Waals surface area contributed by atoms with Crippen LogP contribution in [0.4, 0.5) is 5.69 Å². The third-order valence-electron chi connectivity index (χ3n) is 6.02. The predicted molar refractivity (Wildman–Crippen MR) is 136 cm³/mol. The Balaban J connectivity index is 1.34. The molecule has 0 radical (unpaired) electrons. The van der Waals surface area contributed by atoms with Gasteiger partial charge in [-0.2, -0.15) is 0 Å². The lowest BCUT2D eigenvalue weighted by Crippen LogP contribution is -2.38. The van der Waals surface area contributed by atoms with E-state index in [4.69, 9.17) is 9.84 Å². The number of nitrogens with one attached hydrogen (secondary N) is 1. The van der Waals surface area contributed by atoms with Gasteiger partial charge in [0.15, 0.2) is 0 Å². The van der Waals surface area contributed by atoms with Crippen LogP contribution in [0.2, 0.25) is 0 Å². The van der Waals surface area contributed by atoms with E-state index in [1.807, 2.05) is 66.7 Å². The SMILES string of the molecule is O=C(CN(CCN1CCCC1)Cc1ccc(C(=O)O)cc1)Nc1ccc(Oc2ccccc2)cc1. The van der Waals surface area contributed by atoms with Crippen LogP contribution in [0.1, 0.15) is 28.8 Å². The number of carbonyl (C=O) groups excluding carboxylic acids is 1. The summed E-state index contributed by atoms with van der Waals surface area (Å²) in [6.07, 6.45) is 2.45. The van der Waals surface area contributed by atoms with E-state index in [0.29, 0.717) is 18.0 Å². The lowest BCUT2D eigenvalue weighted by Gasteiger charge is -2.25. The maximum atomic E-state index is 12.9. The summed E-state index contributed by atoms with van der Waals surface area (Å²) in [7, 11) is 0. The molecule has 0 bridgehead atoms. The number of nitrogens with zero attached hydrogens (tertiary/aromatic N) is 2. The average Bonchev–Trinajstić information content (AvgIpc) is 3.38. The van der Waals surface area contributed by atoms with E-state index in [1.165, 1.54) is 12.8 Å². The van der Waals surface area contributed by atoms with Gasteiger partial charge >= 0.3 is 5.97 Å². The molecule has 4 rings (SSSR count). The van der Waals surface area contributed by atoms with Gasteiger partial charge in [-0.3, -0.25) is 9.69 Å². The number of carboxylic acids is 1. The van der Waals surface area contributed by atoms with Crippen molar-refractivity contribution < 1.29 is 19.4 Å². The van der Waals surface area contributed by atoms with Crippen molar-refractivity contribution in [1.82, 2.24) is 9.80 Å². The van der Waals surface area contributed by atoms with Gasteiger partial charge in [-0.15, -0.1) is 0 Å². The molecule has 1 aliphatic heterocycles. The Morgan fingerprint density at radius 2 is 1.54 bits per heavy atom. The number of benzene rings is 3. The third kappa shape index (κ3) is 7.67. The molecule has 1 amide bonds. The Morgan fingerprint density at radius 3 is 2.20 bits per heavy atom. The normalized spacial score (nSPS) is 13.6. The molecule has 2 N–H and O–H groups in total. The molecule has 1 aliphatic rings. The van der Waals surface area contributed by atoms with E-state index >= 15 is 0 Å². The number of para-hydroxylation sites is 1. The first-order chi connectivity index (χ1) is 17.0. The summed E-state index contributed by atoms with van der Waals surface area (Å²) in [6.45, 7) is 4.70. The molecule has 7 nitrogen and oxygen atoms in total. The molecule has 35 heavy (non-hydrogen) atoms. The molecule has 0 unspecified atom stereocenters. The van der Waals surface area contributed by atoms with Crippen molar-refractivity contribution in [2.75, 3.05) is 38.0 Å². The van der Waals surface area contributed by atoms with Crippen molar-refractivity contribution in [2.45, 2.75) is 19.4 Å². The van der Waals surface area contributed by atoms with Crippen LogP contribution < -0.4 is 10.1 Å². The Labute approximate surface area is 205 Å². The van der Waals surface area contributed by atoms with Gasteiger partial charge in [0.1, 0.15) is 11.5 Å². The summed E-state index contributed by atoms with van der Waals surface area (Å²) in [5, 5.41) is 12.1. The van der Waals surface area contributed by atoms with Crippen molar-refractivity contribution in [3.05, 3.63) is 90.0 Å². The summed E-state index contributed by atoms with van der Waals surface area (Å²) in [5.74, 6) is 0.424. The van der Waals surface area contributed by atoms with E-state index in [1.54, 1.807) is 12.1 Å². The van der Waals surface area contributed by atoms with Crippen molar-refractivity contribution in [1.29, 1.82) is 0 Å². The molecule has 1 heterocycles. The van der Waals surface area contributed by atoms with Crippen LogP contribution in [-0.2, 0) is 11.3 Å². The summed E-state index contributed by atoms with van der Waals surface area (Å²) in [4.78, 5) is 28.5. The molecule has 0 atom stereocenters. The largest absolute Gasteiger partial charge is 0.478 e. The molecule has 1 saturated heterocycles. The number of carbonyl (C=O) groups is 2. The molecular formula is C28H31N3O4. The van der Waals surface area contributed by atoms with E-state index in [-0.39, 0.29) is 18.0 Å². The van der Waals surface area contributed by atoms with Crippen LogP contribution in [0.15, 0.2) is 78.9 Å². The van der Waals surface area contributed by atoms with Crippen LogP contribution in [0.3, 0.4) is 0 Å². The van der Waals surface area contributed by atoms with Gasteiger partial charge in [-0.25, -0.2) is 4.79 Å². The van der Waals surface area contributed by atoms with E-state index in [0.717, 1.165) is 37.5 Å². The number of anilines is 1. The number of carboxylic acid groups (broad SMARTS) is 1. The van der Waals surface area contributed by atoms with Gasteiger partial charge in [0.25, 0.3) is 0 Å². The minimum Gasteiger partial charge on any atom is -0.478 e. The van der Waals surface area contributed by atoms with Crippen LogP contribution in [0.25, 0.3) is 0 Å². The summed E-state index contributed by atoms with van der Waals surface area (Å²) >= 11 is 0. The van der Waals surface area contributed by atoms with Crippen LogP contribution in [-0.4, -0.2) is 59.5 Å². The fourth-order valence-electron chi connectivity index (χ4n) is 4.15. The zero-order chi connectivity index (χ0) is 24.5. The number of aromatic carboxylic acids is 1. The smallest absolute Gasteiger partial charge is 0.335 e. The van der Waals surface area contributed by atoms with Crippen molar-refractivity contribution in [2.24, 2.45) is 0 Å². The lowest BCUT2D eigenvalue weighted by molar-refractivity contribution is -0.117. The van der Waals surface area contributed by atoms with E-state index < -0.39 is 5.97 Å². The van der Waals surface area contributed by atoms with E-state index in [2.05, 4.69) is 15.1 Å². The molecule has 0 aromatic heterocycles. The summed E-state index contributed by atoms with van der Waals surface area (Å²) < 4.78 is 5.81. The maximum Gasteiger partial charge on any atom is 0.335 e. The molecule has 0 aliphatic carbocycles. The molecule has 182 valence electrons. The Kier molecular flexibility index (Phi) is 8.48. The highest BCUT2D eigenvalue weighted by atomic mass is 16.5. The number of ether oxygens (including phenoxy) is 1. The number of likely N-dealkylation sites (tertiary alicyclic amines) is 1. The monoisotopic (exact) mass is 473 g/mol. The molecule has 3 aromatic carbocycles. The van der Waals surface area contributed by atoms with Crippen molar-refractivity contribution in [3.63, 3.8) is 0 Å². The lowest BCUT2D eigenvalue weighted by atomic mass is 10.1. The fourth-order valence-corrected chi connectivity index (χ4v) is 4.15. The fraction of sp³-hybridized carbons (Fsp3) is 0.286. The van der Waals surface area contributed by atoms with Gasteiger partial charge < -0.3 is 20.1 Å². The summed E-state index contributed by atoms with van der Waals surface area (Å²) in [6, 6.07) is 23.7. The molecule has 0 saturated carbocycles. The second-order valence-electron chi connectivity index (χ2n) is 8.75. The first kappa shape index (κ1) is 24.4. The van der Waals surface area contributed by atoms with Crippen LogP contribution >= 0.6 is 0 Å². The Morgan fingerprint density at radius 1 is 0.886 bits per heavy atom. The molecule has 3 aromatic rings. The number of hydrogen-bond acceptors (Lipinski definition) is 5. The number of rotatable bonds is 11. The Hall–Kier alpha value is -3.68. The quantitative estimate of drug-likeness (QED) is 0.420. The molecule has 7 heteroatoms. The molecule has 0 spiro atoms. The highest BCUT2D eigenvalue weighted by molar-refractivity contribution is 5.92. The molecular weight excluding hydrogens is 442 g/mol. The van der Waals surface area contributed by atoms with Crippen molar-refractivity contribution in [3.8, 4) is 11.5 Å². The van der Waals surface area contributed by atoms with Gasteiger partial charge in [-0.05, 0) is 80.0 Å². The maximum absolute atomic E-state index is 12.9. The zero-order valence-electron chi connectivity index (χ0n) is 19.7. The first-order valence-corrected chi connectivity index (χ1v) is 11.9. The van der Waals surface area contributed by atoms with Gasteiger partial charge in [0.2, 0.25) is 5.91 Å². The standard InChI is InChI=1S/C28H31N3O4/c32-27(29-24-12-14-26(15-13-24)35-25-6-2-1-3-7-25)21-31(19-18-30-16-4-5-17-30)20-22-8-10-23(11-9-22)28(33)34/h1-3,6-15H,4-5,16-21H2,(H,29,32)(H,33,34). The summed E-state index contributed by atoms with van der Waals surface area (Å²) in [5.41, 5.74) is 1.95. The minimum atomic E-state index is -0.943. The Bertz CT molecular complexity index is 1100. The molecule has 1 fully saturated rings. The second kappa shape index (κ2) is 12.1.